The molecule has 2 nitrogen and oxygen atoms in total. The van der Waals surface area contributed by atoms with E-state index >= 15 is 0 Å². The molecule has 3 N–H and O–H groups in total. The van der Waals surface area contributed by atoms with Gasteiger partial charge in [0.2, 0.25) is 0 Å². The molecule has 0 aliphatic carbocycles. The number of hydrogen-bond acceptors (Lipinski definition) is 2. The third-order valence-corrected chi connectivity index (χ3v) is 2.01. The molecule has 0 heterocycles. The molecule has 0 saturated carbocycles. The van der Waals surface area contributed by atoms with Crippen LogP contribution in [0.3, 0.4) is 0 Å². The third kappa shape index (κ3) is 1.72. The molecule has 0 bridgehead atoms. The molecule has 0 aromatic heterocycles. The van der Waals surface area contributed by atoms with Crippen LogP contribution in [0.2, 0.25) is 0 Å². The van der Waals surface area contributed by atoms with Crippen molar-refractivity contribution in [2.75, 3.05) is 6.54 Å². The molecular weight excluding hydrogens is 171 g/mol. The summed E-state index contributed by atoms with van der Waals surface area (Å²) in [6, 6.07) is 0. The lowest BCUT2D eigenvalue weighted by Gasteiger charge is -2.40. The molecule has 0 spiro atoms. The van der Waals surface area contributed by atoms with E-state index in [0.717, 1.165) is 0 Å². The SMILES string of the molecule is CC(C)(C)C(O)(CN)C(F)(F)F. The predicted octanol–water partition coefficient (Wildman–Crippen LogP) is 1.28. The second-order valence-corrected chi connectivity index (χ2v) is 3.81. The lowest BCUT2D eigenvalue weighted by Crippen LogP contribution is -2.59. The number of alkyl halides is 3. The number of rotatable bonds is 1. The molecule has 5 heteroatoms. The summed E-state index contributed by atoms with van der Waals surface area (Å²) in [5.74, 6) is 0. The van der Waals surface area contributed by atoms with E-state index in [-0.39, 0.29) is 0 Å². The van der Waals surface area contributed by atoms with Crippen LogP contribution in [0.15, 0.2) is 0 Å². The summed E-state index contributed by atoms with van der Waals surface area (Å²) in [6.45, 7) is 3.08. The standard InChI is InChI=1S/C7H14F3NO/c1-5(2,3)6(12,4-11)7(8,9)10/h12H,4,11H2,1-3H3. The van der Waals surface area contributed by atoms with Crippen LogP contribution in [0, 0.1) is 5.41 Å². The van der Waals surface area contributed by atoms with Crippen LogP contribution >= 0.6 is 0 Å². The van der Waals surface area contributed by atoms with E-state index in [1.807, 2.05) is 0 Å². The van der Waals surface area contributed by atoms with Crippen molar-refractivity contribution in [1.82, 2.24) is 0 Å². The molecule has 0 fully saturated rings. The summed E-state index contributed by atoms with van der Waals surface area (Å²) in [5.41, 5.74) is 0.798. The van der Waals surface area contributed by atoms with Crippen molar-refractivity contribution in [1.29, 1.82) is 0 Å². The van der Waals surface area contributed by atoms with Gasteiger partial charge >= 0.3 is 6.18 Å². The minimum Gasteiger partial charge on any atom is -0.379 e. The van der Waals surface area contributed by atoms with E-state index in [9.17, 15) is 18.3 Å². The fourth-order valence-electron chi connectivity index (χ4n) is 0.847. The van der Waals surface area contributed by atoms with Crippen molar-refractivity contribution >= 4 is 0 Å². The average molecular weight is 185 g/mol. The van der Waals surface area contributed by atoms with Gasteiger partial charge in [0.25, 0.3) is 0 Å². The molecule has 0 amide bonds. The first-order chi connectivity index (χ1) is 5.06. The fourth-order valence-corrected chi connectivity index (χ4v) is 0.847. The number of hydrogen-bond donors (Lipinski definition) is 2. The van der Waals surface area contributed by atoms with Crippen LogP contribution in [0.1, 0.15) is 20.8 Å². The van der Waals surface area contributed by atoms with Crippen LogP contribution in [0.25, 0.3) is 0 Å². The Morgan fingerprint density at radius 3 is 1.50 bits per heavy atom. The van der Waals surface area contributed by atoms with E-state index in [2.05, 4.69) is 0 Å². The minimum atomic E-state index is -4.68. The van der Waals surface area contributed by atoms with Crippen LogP contribution in [-0.2, 0) is 0 Å². The third-order valence-electron chi connectivity index (χ3n) is 2.01. The van der Waals surface area contributed by atoms with Gasteiger partial charge in [0, 0.05) is 12.0 Å². The molecule has 1 unspecified atom stereocenters. The molecule has 12 heavy (non-hydrogen) atoms. The van der Waals surface area contributed by atoms with E-state index in [1.54, 1.807) is 0 Å². The van der Waals surface area contributed by atoms with Gasteiger partial charge in [-0.3, -0.25) is 0 Å². The maximum Gasteiger partial charge on any atom is 0.418 e. The summed E-state index contributed by atoms with van der Waals surface area (Å²) in [6.07, 6.45) is -4.68. The summed E-state index contributed by atoms with van der Waals surface area (Å²) in [5, 5.41) is 9.24. The number of nitrogens with two attached hydrogens (primary N) is 1. The summed E-state index contributed by atoms with van der Waals surface area (Å²) < 4.78 is 36.8. The van der Waals surface area contributed by atoms with Gasteiger partial charge in [-0.1, -0.05) is 20.8 Å². The zero-order valence-electron chi connectivity index (χ0n) is 7.37. The molecular formula is C7H14F3NO. The highest BCUT2D eigenvalue weighted by Crippen LogP contribution is 2.42. The zero-order valence-corrected chi connectivity index (χ0v) is 7.37. The smallest absolute Gasteiger partial charge is 0.379 e. The Hall–Kier alpha value is -0.290. The highest BCUT2D eigenvalue weighted by Gasteiger charge is 2.59. The average Bonchev–Trinajstić information content (AvgIpc) is 1.81. The van der Waals surface area contributed by atoms with E-state index in [0.29, 0.717) is 0 Å². The molecule has 0 aliphatic rings. The molecule has 1 atom stereocenters. The topological polar surface area (TPSA) is 46.2 Å². The van der Waals surface area contributed by atoms with Crippen molar-refractivity contribution < 1.29 is 18.3 Å². The molecule has 0 saturated heterocycles. The van der Waals surface area contributed by atoms with Gasteiger partial charge in [0.15, 0.2) is 5.60 Å². The van der Waals surface area contributed by atoms with Crippen molar-refractivity contribution in [3.63, 3.8) is 0 Å². The lowest BCUT2D eigenvalue weighted by molar-refractivity contribution is -0.289. The van der Waals surface area contributed by atoms with Crippen molar-refractivity contribution in [2.45, 2.75) is 32.5 Å². The van der Waals surface area contributed by atoms with Gasteiger partial charge in [-0.2, -0.15) is 13.2 Å². The lowest BCUT2D eigenvalue weighted by atomic mass is 9.76. The van der Waals surface area contributed by atoms with E-state index in [1.165, 1.54) is 20.8 Å². The second-order valence-electron chi connectivity index (χ2n) is 3.81. The highest BCUT2D eigenvalue weighted by atomic mass is 19.4. The maximum atomic E-state index is 12.3. The first-order valence-electron chi connectivity index (χ1n) is 3.55. The van der Waals surface area contributed by atoms with Gasteiger partial charge in [0.1, 0.15) is 0 Å². The summed E-state index contributed by atoms with van der Waals surface area (Å²) in [4.78, 5) is 0. The van der Waals surface area contributed by atoms with Crippen molar-refractivity contribution in [2.24, 2.45) is 11.1 Å². The summed E-state index contributed by atoms with van der Waals surface area (Å²) in [7, 11) is 0. The van der Waals surface area contributed by atoms with Gasteiger partial charge in [-0.25, -0.2) is 0 Å². The van der Waals surface area contributed by atoms with Crippen LogP contribution < -0.4 is 5.73 Å². The Morgan fingerprint density at radius 1 is 1.17 bits per heavy atom. The van der Waals surface area contributed by atoms with Crippen LogP contribution in [0.5, 0.6) is 0 Å². The molecule has 74 valence electrons. The van der Waals surface area contributed by atoms with Crippen molar-refractivity contribution in [3.05, 3.63) is 0 Å². The number of halogens is 3. The number of aliphatic hydroxyl groups is 1. The van der Waals surface area contributed by atoms with Crippen LogP contribution in [-0.4, -0.2) is 23.4 Å². The Morgan fingerprint density at radius 2 is 1.50 bits per heavy atom. The minimum absolute atomic E-state index is 0.819. The van der Waals surface area contributed by atoms with Gasteiger partial charge < -0.3 is 10.8 Å². The molecule has 0 aromatic rings. The molecule has 0 rings (SSSR count). The zero-order chi connectivity index (χ0) is 10.2. The Bertz CT molecular complexity index is 145. The summed E-state index contributed by atoms with van der Waals surface area (Å²) >= 11 is 0. The first kappa shape index (κ1) is 11.7. The predicted molar refractivity (Wildman–Crippen MR) is 39.5 cm³/mol. The Balaban J connectivity index is 4.95. The maximum absolute atomic E-state index is 12.3. The van der Waals surface area contributed by atoms with Crippen molar-refractivity contribution in [3.8, 4) is 0 Å². The highest BCUT2D eigenvalue weighted by molar-refractivity contribution is 4.97. The molecule has 0 radical (unpaired) electrons. The van der Waals surface area contributed by atoms with Crippen LogP contribution in [0.4, 0.5) is 13.2 Å². The Labute approximate surface area is 69.6 Å². The first-order valence-corrected chi connectivity index (χ1v) is 3.55. The van der Waals surface area contributed by atoms with Gasteiger partial charge in [0.05, 0.1) is 0 Å². The van der Waals surface area contributed by atoms with E-state index in [4.69, 9.17) is 5.73 Å². The Kier molecular flexibility index (Phi) is 2.81. The molecule has 0 aromatic carbocycles. The molecule has 0 aliphatic heterocycles. The fraction of sp³-hybridized carbons (Fsp3) is 1.00. The van der Waals surface area contributed by atoms with Gasteiger partial charge in [-0.15, -0.1) is 0 Å². The largest absolute Gasteiger partial charge is 0.418 e. The normalized spacial score (nSPS) is 19.0. The van der Waals surface area contributed by atoms with E-state index < -0.39 is 23.7 Å². The second kappa shape index (κ2) is 2.88. The monoisotopic (exact) mass is 185 g/mol. The van der Waals surface area contributed by atoms with Gasteiger partial charge in [-0.05, 0) is 0 Å². The quantitative estimate of drug-likeness (QED) is 0.646.